The number of aromatic nitrogens is 1. The Kier molecular flexibility index (Phi) is 2.66. The van der Waals surface area contributed by atoms with Gasteiger partial charge >= 0.3 is 0 Å². The van der Waals surface area contributed by atoms with Gasteiger partial charge in [-0.3, -0.25) is 0 Å². The van der Waals surface area contributed by atoms with Gasteiger partial charge in [-0.2, -0.15) is 0 Å². The molecule has 0 fully saturated rings. The van der Waals surface area contributed by atoms with Gasteiger partial charge in [-0.1, -0.05) is 28.4 Å². The highest BCUT2D eigenvalue weighted by Crippen LogP contribution is 2.39. The maximum absolute atomic E-state index is 8.53. The summed E-state index contributed by atoms with van der Waals surface area (Å²) in [5, 5.41) is 7.50. The van der Waals surface area contributed by atoms with E-state index in [4.69, 9.17) is 16.8 Å². The van der Waals surface area contributed by atoms with Crippen molar-refractivity contribution in [3.05, 3.63) is 45.2 Å². The van der Waals surface area contributed by atoms with Crippen LogP contribution in [0.4, 0.5) is 17.2 Å². The van der Waals surface area contributed by atoms with Crippen LogP contribution in [0.1, 0.15) is 0 Å². The summed E-state index contributed by atoms with van der Waals surface area (Å²) in [4.78, 5) is 9.40. The molecule has 0 spiro atoms. The summed E-state index contributed by atoms with van der Waals surface area (Å²) in [7, 11) is 0. The van der Waals surface area contributed by atoms with Gasteiger partial charge < -0.3 is 5.73 Å². The Hall–Kier alpha value is -2.95. The Morgan fingerprint density at radius 3 is 2.41 bits per heavy atom. The van der Waals surface area contributed by atoms with Crippen LogP contribution in [0.15, 0.2) is 34.5 Å². The fraction of sp³-hybridized carbons (Fsp3) is 0. The van der Waals surface area contributed by atoms with E-state index >= 15 is 0 Å². The molecule has 0 aliphatic carbocycles. The Bertz CT molecular complexity index is 679. The van der Waals surface area contributed by atoms with Gasteiger partial charge in [-0.25, -0.2) is 4.98 Å². The number of hydrogen-bond donors (Lipinski definition) is 1. The number of azide groups is 2. The molecule has 0 atom stereocenters. The quantitative estimate of drug-likeness (QED) is 0.474. The van der Waals surface area contributed by atoms with Gasteiger partial charge in [0, 0.05) is 15.2 Å². The summed E-state index contributed by atoms with van der Waals surface area (Å²) >= 11 is 0. The van der Waals surface area contributed by atoms with E-state index in [1.807, 2.05) is 0 Å². The molecule has 8 nitrogen and oxygen atoms in total. The first-order chi connectivity index (χ1) is 8.27. The van der Waals surface area contributed by atoms with Gasteiger partial charge in [-0.15, -0.1) is 0 Å². The zero-order valence-corrected chi connectivity index (χ0v) is 8.52. The van der Waals surface area contributed by atoms with Gasteiger partial charge in [0.15, 0.2) is 0 Å². The number of hydrogen-bond acceptors (Lipinski definition) is 4. The SMILES string of the molecule is [N-]=[N+]=Nc1c(N)nc2ccccc2c1N=[N+]=[N-]. The summed E-state index contributed by atoms with van der Waals surface area (Å²) < 4.78 is 0. The minimum Gasteiger partial charge on any atom is -0.383 e. The van der Waals surface area contributed by atoms with E-state index in [1.165, 1.54) is 0 Å². The molecular weight excluding hydrogens is 220 g/mol. The number of nitrogens with zero attached hydrogens (tertiary/aromatic N) is 7. The summed E-state index contributed by atoms with van der Waals surface area (Å²) in [5.74, 6) is 0.0314. The average Bonchev–Trinajstić information content (AvgIpc) is 2.34. The Morgan fingerprint density at radius 1 is 1.06 bits per heavy atom. The number of fused-ring (bicyclic) bond motifs is 1. The van der Waals surface area contributed by atoms with Crippen LogP contribution in [0.2, 0.25) is 0 Å². The first kappa shape index (κ1) is 10.6. The predicted octanol–water partition coefficient (Wildman–Crippen LogP) is 3.70. The highest BCUT2D eigenvalue weighted by molar-refractivity contribution is 5.98. The van der Waals surface area contributed by atoms with E-state index in [0.29, 0.717) is 10.9 Å². The molecule has 0 saturated carbocycles. The minimum atomic E-state index is 0.0314. The third-order valence-corrected chi connectivity index (χ3v) is 2.16. The molecule has 2 aromatic rings. The zero-order valence-electron chi connectivity index (χ0n) is 8.52. The number of pyridine rings is 1. The molecule has 1 aromatic heterocycles. The molecule has 0 radical (unpaired) electrons. The van der Waals surface area contributed by atoms with E-state index in [2.05, 4.69) is 25.0 Å². The Morgan fingerprint density at radius 2 is 1.71 bits per heavy atom. The second-order valence-electron chi connectivity index (χ2n) is 3.09. The summed E-state index contributed by atoms with van der Waals surface area (Å²) in [5.41, 5.74) is 23.4. The largest absolute Gasteiger partial charge is 0.383 e. The van der Waals surface area contributed by atoms with Crippen molar-refractivity contribution in [1.29, 1.82) is 0 Å². The molecule has 1 aromatic carbocycles. The number of nitrogen functional groups attached to an aromatic ring is 1. The molecule has 82 valence electrons. The van der Waals surface area contributed by atoms with Gasteiger partial charge in [0.1, 0.15) is 5.82 Å². The number of rotatable bonds is 2. The van der Waals surface area contributed by atoms with E-state index in [1.54, 1.807) is 24.3 Å². The molecule has 8 heteroatoms. The van der Waals surface area contributed by atoms with Crippen molar-refractivity contribution < 1.29 is 0 Å². The number of benzene rings is 1. The van der Waals surface area contributed by atoms with E-state index in [-0.39, 0.29) is 17.2 Å². The molecule has 0 aliphatic rings. The van der Waals surface area contributed by atoms with E-state index < -0.39 is 0 Å². The van der Waals surface area contributed by atoms with Crippen molar-refractivity contribution in [1.82, 2.24) is 4.98 Å². The lowest BCUT2D eigenvalue weighted by atomic mass is 10.1. The second kappa shape index (κ2) is 4.28. The number of para-hydroxylation sites is 1. The standard InChI is InChI=1S/C9H6N8/c10-9-8(15-17-12)7(14-16-11)5-3-1-2-4-6(5)13-9/h1-4H,(H2,10,13). The van der Waals surface area contributed by atoms with Gasteiger partial charge in [0.25, 0.3) is 0 Å². The van der Waals surface area contributed by atoms with Crippen LogP contribution in [0, 0.1) is 0 Å². The Balaban J connectivity index is 2.97. The maximum atomic E-state index is 8.53. The van der Waals surface area contributed by atoms with Crippen LogP contribution in [0.25, 0.3) is 31.8 Å². The molecule has 0 bridgehead atoms. The minimum absolute atomic E-state index is 0.0314. The lowest BCUT2D eigenvalue weighted by Gasteiger charge is -2.06. The van der Waals surface area contributed by atoms with Gasteiger partial charge in [-0.05, 0) is 17.1 Å². The molecule has 1 heterocycles. The molecule has 2 rings (SSSR count). The van der Waals surface area contributed by atoms with Crippen molar-refractivity contribution in [3.63, 3.8) is 0 Å². The third-order valence-electron chi connectivity index (χ3n) is 2.16. The zero-order chi connectivity index (χ0) is 12.3. The van der Waals surface area contributed by atoms with Crippen molar-refractivity contribution in [2.75, 3.05) is 5.73 Å². The van der Waals surface area contributed by atoms with Crippen LogP contribution < -0.4 is 5.73 Å². The third kappa shape index (κ3) is 1.76. The maximum Gasteiger partial charge on any atom is 0.134 e. The molecule has 0 unspecified atom stereocenters. The first-order valence-electron chi connectivity index (χ1n) is 4.56. The molecule has 0 aliphatic heterocycles. The van der Waals surface area contributed by atoms with Crippen LogP contribution in [0.3, 0.4) is 0 Å². The molecular formula is C9H6N8. The highest BCUT2D eigenvalue weighted by atomic mass is 15.2. The number of nitrogens with two attached hydrogens (primary N) is 1. The average molecular weight is 226 g/mol. The normalized spacial score (nSPS) is 9.41. The van der Waals surface area contributed by atoms with Gasteiger partial charge in [0.2, 0.25) is 0 Å². The smallest absolute Gasteiger partial charge is 0.134 e. The van der Waals surface area contributed by atoms with Crippen molar-refractivity contribution in [2.45, 2.75) is 0 Å². The van der Waals surface area contributed by atoms with Crippen molar-refractivity contribution in [3.8, 4) is 0 Å². The molecule has 0 saturated heterocycles. The summed E-state index contributed by atoms with van der Waals surface area (Å²) in [6.07, 6.45) is 0. The lowest BCUT2D eigenvalue weighted by Crippen LogP contribution is -1.91. The van der Waals surface area contributed by atoms with Crippen LogP contribution >= 0.6 is 0 Å². The summed E-state index contributed by atoms with van der Waals surface area (Å²) in [6.45, 7) is 0. The summed E-state index contributed by atoms with van der Waals surface area (Å²) in [6, 6.07) is 6.97. The van der Waals surface area contributed by atoms with E-state index in [0.717, 1.165) is 0 Å². The first-order valence-corrected chi connectivity index (χ1v) is 4.56. The predicted molar refractivity (Wildman–Crippen MR) is 63.8 cm³/mol. The molecule has 0 amide bonds. The fourth-order valence-electron chi connectivity index (χ4n) is 1.49. The van der Waals surface area contributed by atoms with Crippen LogP contribution in [0.5, 0.6) is 0 Å². The fourth-order valence-corrected chi connectivity index (χ4v) is 1.49. The second-order valence-corrected chi connectivity index (χ2v) is 3.09. The van der Waals surface area contributed by atoms with Gasteiger partial charge in [0.05, 0.1) is 16.9 Å². The topological polar surface area (TPSA) is 136 Å². The van der Waals surface area contributed by atoms with E-state index in [9.17, 15) is 0 Å². The lowest BCUT2D eigenvalue weighted by molar-refractivity contribution is 1.34. The number of anilines is 1. The van der Waals surface area contributed by atoms with Crippen molar-refractivity contribution in [2.24, 2.45) is 10.2 Å². The molecule has 17 heavy (non-hydrogen) atoms. The van der Waals surface area contributed by atoms with Crippen LogP contribution in [-0.2, 0) is 0 Å². The molecule has 2 N–H and O–H groups in total. The Labute approximate surface area is 94.9 Å². The van der Waals surface area contributed by atoms with Crippen molar-refractivity contribution >= 4 is 28.1 Å². The highest BCUT2D eigenvalue weighted by Gasteiger charge is 2.10. The monoisotopic (exact) mass is 226 g/mol. The van der Waals surface area contributed by atoms with Crippen LogP contribution in [-0.4, -0.2) is 4.98 Å².